The molecule has 0 atom stereocenters. The van der Waals surface area contributed by atoms with Crippen LogP contribution >= 0.6 is 11.3 Å². The average molecular weight is 246 g/mol. The summed E-state index contributed by atoms with van der Waals surface area (Å²) in [6.45, 7) is 0.389. The lowest BCUT2D eigenvalue weighted by Gasteiger charge is -1.99. The fraction of sp³-hybridized carbons (Fsp3) is 0.385. The van der Waals surface area contributed by atoms with Gasteiger partial charge in [-0.15, -0.1) is 11.3 Å². The van der Waals surface area contributed by atoms with Crippen LogP contribution in [0.25, 0.3) is 10.2 Å². The van der Waals surface area contributed by atoms with Crippen molar-refractivity contribution in [3.8, 4) is 0 Å². The largest absolute Gasteiger partial charge is 0.313 e. The summed E-state index contributed by atoms with van der Waals surface area (Å²) in [5.41, 5.74) is 1.80. The summed E-state index contributed by atoms with van der Waals surface area (Å²) in [6.07, 6.45) is 2.54. The van der Waals surface area contributed by atoms with Gasteiger partial charge in [-0.05, 0) is 38.1 Å². The number of Topliss-reactive ketones (excluding diaryl/α,β-unsaturated/α-hetero) is 1. The fourth-order valence-electron chi connectivity index (χ4n) is 1.88. The van der Waals surface area contributed by atoms with E-state index in [2.05, 4.69) is 10.3 Å². The SMILES string of the molecule is CNCC(=O)c1ccc2nc(C3CC3)sc2c1. The molecule has 0 radical (unpaired) electrons. The average Bonchev–Trinajstić information content (AvgIpc) is 3.08. The zero-order chi connectivity index (χ0) is 11.8. The first-order valence-corrected chi connectivity index (χ1v) is 6.68. The Bertz CT molecular complexity index is 572. The standard InChI is InChI=1S/C13H14N2OS/c1-14-7-11(16)9-4-5-10-12(6-9)17-13(15-10)8-2-3-8/h4-6,8,14H,2-3,7H2,1H3. The van der Waals surface area contributed by atoms with Crippen molar-refractivity contribution in [1.82, 2.24) is 10.3 Å². The molecule has 0 spiro atoms. The minimum Gasteiger partial charge on any atom is -0.313 e. The Morgan fingerprint density at radius 1 is 1.53 bits per heavy atom. The summed E-state index contributed by atoms with van der Waals surface area (Å²) < 4.78 is 1.13. The number of fused-ring (bicyclic) bond motifs is 1. The molecule has 0 bridgehead atoms. The number of rotatable bonds is 4. The number of hydrogen-bond acceptors (Lipinski definition) is 4. The molecule has 1 N–H and O–H groups in total. The van der Waals surface area contributed by atoms with Crippen LogP contribution in [0.2, 0.25) is 0 Å². The third-order valence-electron chi connectivity index (χ3n) is 2.99. The molecule has 1 fully saturated rings. The first kappa shape index (κ1) is 10.9. The van der Waals surface area contributed by atoms with Crippen LogP contribution < -0.4 is 5.32 Å². The molecule has 3 nitrogen and oxygen atoms in total. The molecule has 0 unspecified atom stereocenters. The van der Waals surface area contributed by atoms with E-state index in [1.165, 1.54) is 17.8 Å². The van der Waals surface area contributed by atoms with E-state index in [4.69, 9.17) is 0 Å². The maximum absolute atomic E-state index is 11.8. The number of hydrogen-bond donors (Lipinski definition) is 1. The van der Waals surface area contributed by atoms with Gasteiger partial charge in [0.05, 0.1) is 21.8 Å². The van der Waals surface area contributed by atoms with Gasteiger partial charge in [0.2, 0.25) is 0 Å². The zero-order valence-corrected chi connectivity index (χ0v) is 10.5. The van der Waals surface area contributed by atoms with Crippen molar-refractivity contribution in [2.45, 2.75) is 18.8 Å². The topological polar surface area (TPSA) is 42.0 Å². The van der Waals surface area contributed by atoms with Crippen LogP contribution in [0, 0.1) is 0 Å². The monoisotopic (exact) mass is 246 g/mol. The number of nitrogens with one attached hydrogen (secondary N) is 1. The van der Waals surface area contributed by atoms with Gasteiger partial charge >= 0.3 is 0 Å². The third-order valence-corrected chi connectivity index (χ3v) is 4.17. The van der Waals surface area contributed by atoms with Crippen LogP contribution in [-0.2, 0) is 0 Å². The molecule has 0 amide bonds. The molecule has 0 aliphatic heterocycles. The number of ketones is 1. The maximum Gasteiger partial charge on any atom is 0.176 e. The number of carbonyl (C=O) groups excluding carboxylic acids is 1. The van der Waals surface area contributed by atoms with E-state index in [9.17, 15) is 4.79 Å². The molecule has 17 heavy (non-hydrogen) atoms. The van der Waals surface area contributed by atoms with Crippen molar-refractivity contribution in [2.75, 3.05) is 13.6 Å². The Morgan fingerprint density at radius 3 is 3.06 bits per heavy atom. The van der Waals surface area contributed by atoms with Crippen molar-refractivity contribution < 1.29 is 4.79 Å². The van der Waals surface area contributed by atoms with E-state index in [0.717, 1.165) is 15.8 Å². The maximum atomic E-state index is 11.8. The van der Waals surface area contributed by atoms with Gasteiger partial charge in [-0.2, -0.15) is 0 Å². The second-order valence-electron chi connectivity index (χ2n) is 4.46. The summed E-state index contributed by atoms with van der Waals surface area (Å²) >= 11 is 1.73. The Morgan fingerprint density at radius 2 is 2.35 bits per heavy atom. The van der Waals surface area contributed by atoms with Crippen LogP contribution in [0.4, 0.5) is 0 Å². The van der Waals surface area contributed by atoms with Crippen molar-refractivity contribution >= 4 is 27.3 Å². The second kappa shape index (κ2) is 4.20. The molecule has 1 aromatic carbocycles. The number of aromatic nitrogens is 1. The Balaban J connectivity index is 1.97. The minimum absolute atomic E-state index is 0.135. The van der Waals surface area contributed by atoms with E-state index < -0.39 is 0 Å². The molecule has 1 aromatic heterocycles. The van der Waals surface area contributed by atoms with Crippen LogP contribution in [0.1, 0.15) is 34.1 Å². The van der Waals surface area contributed by atoms with E-state index in [1.807, 2.05) is 18.2 Å². The van der Waals surface area contributed by atoms with E-state index >= 15 is 0 Å². The van der Waals surface area contributed by atoms with E-state index in [-0.39, 0.29) is 5.78 Å². The van der Waals surface area contributed by atoms with Gasteiger partial charge in [0.15, 0.2) is 5.78 Å². The Labute approximate surface area is 104 Å². The second-order valence-corrected chi connectivity index (χ2v) is 5.52. The van der Waals surface area contributed by atoms with Crippen LogP contribution in [-0.4, -0.2) is 24.4 Å². The molecule has 0 saturated heterocycles. The molecule has 1 heterocycles. The normalized spacial score (nSPS) is 15.4. The summed E-state index contributed by atoms with van der Waals surface area (Å²) in [4.78, 5) is 16.4. The summed E-state index contributed by atoms with van der Waals surface area (Å²) in [7, 11) is 1.79. The summed E-state index contributed by atoms with van der Waals surface area (Å²) in [5.74, 6) is 0.819. The molecule has 2 aromatic rings. The molecular formula is C13H14N2OS. The van der Waals surface area contributed by atoms with Crippen molar-refractivity contribution in [3.05, 3.63) is 28.8 Å². The highest BCUT2D eigenvalue weighted by Gasteiger charge is 2.27. The van der Waals surface area contributed by atoms with E-state index in [1.54, 1.807) is 18.4 Å². The number of thiazole rings is 1. The highest BCUT2D eigenvalue weighted by molar-refractivity contribution is 7.18. The minimum atomic E-state index is 0.135. The predicted molar refractivity (Wildman–Crippen MR) is 69.9 cm³/mol. The van der Waals surface area contributed by atoms with Crippen molar-refractivity contribution in [1.29, 1.82) is 0 Å². The van der Waals surface area contributed by atoms with Gasteiger partial charge in [-0.1, -0.05) is 0 Å². The molecular weight excluding hydrogens is 232 g/mol. The number of likely N-dealkylation sites (N-methyl/N-ethyl adjacent to an activating group) is 1. The van der Waals surface area contributed by atoms with Crippen LogP contribution in [0.3, 0.4) is 0 Å². The Hall–Kier alpha value is -1.26. The molecule has 3 rings (SSSR count). The van der Waals surface area contributed by atoms with Gasteiger partial charge in [0.25, 0.3) is 0 Å². The quantitative estimate of drug-likeness (QED) is 0.843. The highest BCUT2D eigenvalue weighted by Crippen LogP contribution is 2.43. The van der Waals surface area contributed by atoms with Gasteiger partial charge in [0, 0.05) is 11.5 Å². The summed E-state index contributed by atoms with van der Waals surface area (Å²) in [5, 5.41) is 4.12. The fourth-order valence-corrected chi connectivity index (χ4v) is 3.06. The number of benzene rings is 1. The Kier molecular flexibility index (Phi) is 2.68. The lowest BCUT2D eigenvalue weighted by Crippen LogP contribution is -2.18. The van der Waals surface area contributed by atoms with Crippen LogP contribution in [0.15, 0.2) is 18.2 Å². The zero-order valence-electron chi connectivity index (χ0n) is 9.69. The lowest BCUT2D eigenvalue weighted by molar-refractivity contribution is 0.0994. The molecule has 1 aliphatic carbocycles. The molecule has 4 heteroatoms. The first-order chi connectivity index (χ1) is 8.28. The third kappa shape index (κ3) is 2.10. The van der Waals surface area contributed by atoms with Gasteiger partial charge in [0.1, 0.15) is 0 Å². The predicted octanol–water partition coefficient (Wildman–Crippen LogP) is 2.58. The smallest absolute Gasteiger partial charge is 0.176 e. The van der Waals surface area contributed by atoms with Gasteiger partial charge < -0.3 is 5.32 Å². The number of carbonyl (C=O) groups is 1. The van der Waals surface area contributed by atoms with Crippen LogP contribution in [0.5, 0.6) is 0 Å². The van der Waals surface area contributed by atoms with E-state index in [0.29, 0.717) is 12.5 Å². The number of nitrogens with zero attached hydrogens (tertiary/aromatic N) is 1. The molecule has 1 saturated carbocycles. The first-order valence-electron chi connectivity index (χ1n) is 5.86. The van der Waals surface area contributed by atoms with Crippen molar-refractivity contribution in [3.63, 3.8) is 0 Å². The van der Waals surface area contributed by atoms with Crippen molar-refractivity contribution in [2.24, 2.45) is 0 Å². The lowest BCUT2D eigenvalue weighted by atomic mass is 10.1. The highest BCUT2D eigenvalue weighted by atomic mass is 32.1. The molecule has 1 aliphatic rings. The van der Waals surface area contributed by atoms with Gasteiger partial charge in [-0.25, -0.2) is 4.98 Å². The molecule has 88 valence electrons. The van der Waals surface area contributed by atoms with Gasteiger partial charge in [-0.3, -0.25) is 4.79 Å². The summed E-state index contributed by atoms with van der Waals surface area (Å²) in [6, 6.07) is 5.80.